The van der Waals surface area contributed by atoms with Crippen LogP contribution in [0.2, 0.25) is 0 Å². The second kappa shape index (κ2) is 11.4. The number of thioether (sulfide) groups is 1. The summed E-state index contributed by atoms with van der Waals surface area (Å²) in [4.78, 5) is 40.3. The van der Waals surface area contributed by atoms with Crippen molar-refractivity contribution in [3.8, 4) is 0 Å². The van der Waals surface area contributed by atoms with Gasteiger partial charge in [0.2, 0.25) is 6.41 Å². The van der Waals surface area contributed by atoms with E-state index in [1.54, 1.807) is 20.0 Å². The Bertz CT molecular complexity index is 995. The largest absolute Gasteiger partial charge is 0.469 e. The molecule has 0 saturated heterocycles. The maximum Gasteiger partial charge on any atom is 0.469 e. The van der Waals surface area contributed by atoms with Gasteiger partial charge in [-0.05, 0) is 31.9 Å². The molecule has 4 N–H and O–H groups in total. The molecule has 0 fully saturated rings. The van der Waals surface area contributed by atoms with E-state index in [1.165, 1.54) is 16.7 Å². The van der Waals surface area contributed by atoms with Gasteiger partial charge >= 0.3 is 7.82 Å². The summed E-state index contributed by atoms with van der Waals surface area (Å²) in [6.45, 7) is 5.51. The van der Waals surface area contributed by atoms with Crippen LogP contribution < -0.4 is 5.73 Å². The maximum atomic E-state index is 11.8. The summed E-state index contributed by atoms with van der Waals surface area (Å²) < 4.78 is 15.7. The molecule has 1 aromatic carbocycles. The average molecular weight is 467 g/mol. The number of allylic oxidation sites excluding steroid dienone is 1. The molecule has 11 heteroatoms. The van der Waals surface area contributed by atoms with Crippen LogP contribution in [0.5, 0.6) is 0 Å². The number of carbonyl (C=O) groups excluding carboxylic acids is 1. The molecule has 0 bridgehead atoms. The van der Waals surface area contributed by atoms with E-state index in [1.807, 2.05) is 31.2 Å². The van der Waals surface area contributed by atoms with Crippen molar-refractivity contribution in [1.82, 2.24) is 14.9 Å². The Balaban J connectivity index is 2.26. The monoisotopic (exact) mass is 466 g/mol. The number of phosphoric acid groups is 1. The quantitative estimate of drug-likeness (QED) is 0.336. The highest BCUT2D eigenvalue weighted by Gasteiger charge is 2.17. The van der Waals surface area contributed by atoms with E-state index in [-0.39, 0.29) is 19.6 Å². The Morgan fingerprint density at radius 3 is 2.61 bits per heavy atom. The lowest BCUT2D eigenvalue weighted by Crippen LogP contribution is -2.22. The second-order valence-corrected chi connectivity index (χ2v) is 9.17. The zero-order valence-electron chi connectivity index (χ0n) is 17.7. The molecule has 0 unspecified atom stereocenters. The summed E-state index contributed by atoms with van der Waals surface area (Å²) in [6.07, 6.45) is 2.50. The third-order valence-corrected chi connectivity index (χ3v) is 6.39. The van der Waals surface area contributed by atoms with Gasteiger partial charge in [0.1, 0.15) is 11.6 Å². The van der Waals surface area contributed by atoms with Gasteiger partial charge in [0.05, 0.1) is 13.2 Å². The van der Waals surface area contributed by atoms with Crippen LogP contribution in [0.15, 0.2) is 41.1 Å². The van der Waals surface area contributed by atoms with Crippen molar-refractivity contribution in [1.29, 1.82) is 0 Å². The highest BCUT2D eigenvalue weighted by atomic mass is 32.2. The molecule has 0 saturated carbocycles. The first-order valence-electron chi connectivity index (χ1n) is 9.47. The smallest absolute Gasteiger partial charge is 0.383 e. The van der Waals surface area contributed by atoms with E-state index in [0.29, 0.717) is 35.1 Å². The van der Waals surface area contributed by atoms with Crippen LogP contribution in [0.3, 0.4) is 0 Å². The van der Waals surface area contributed by atoms with Crippen molar-refractivity contribution in [3.63, 3.8) is 0 Å². The molecule has 31 heavy (non-hydrogen) atoms. The first kappa shape index (κ1) is 25.0. The predicted octanol–water partition coefficient (Wildman–Crippen LogP) is 3.30. The third kappa shape index (κ3) is 8.08. The molecule has 9 nitrogen and oxygen atoms in total. The minimum absolute atomic E-state index is 0.176. The van der Waals surface area contributed by atoms with Gasteiger partial charge < -0.3 is 20.4 Å². The summed E-state index contributed by atoms with van der Waals surface area (Å²) in [7, 11) is -4.58. The first-order chi connectivity index (χ1) is 14.6. The van der Waals surface area contributed by atoms with Crippen LogP contribution >= 0.6 is 19.6 Å². The minimum Gasteiger partial charge on any atom is -0.383 e. The standard InChI is InChI=1S/C20H27N4O5PS/c1-14-6-4-5-7-17(14)12-31-19(8-9-29-30(26,27)28)15(2)24(13-25)11-18-10-22-16(3)23-20(18)21/h4-7,10,13H,8-9,11-12H2,1-3H3,(H2,21,22,23)(H2,26,27,28)/b19-15-. The minimum atomic E-state index is -4.58. The summed E-state index contributed by atoms with van der Waals surface area (Å²) in [6, 6.07) is 7.94. The number of nitrogen functional groups attached to an aromatic ring is 1. The maximum absolute atomic E-state index is 11.8. The Hall–Kier alpha value is -2.23. The normalized spacial score (nSPS) is 12.4. The molecule has 0 atom stereocenters. The van der Waals surface area contributed by atoms with Gasteiger partial charge in [-0.25, -0.2) is 14.5 Å². The van der Waals surface area contributed by atoms with E-state index in [2.05, 4.69) is 14.5 Å². The molecule has 1 aromatic heterocycles. The van der Waals surface area contributed by atoms with E-state index in [0.717, 1.165) is 16.0 Å². The van der Waals surface area contributed by atoms with Crippen molar-refractivity contribution in [2.75, 3.05) is 12.3 Å². The number of phosphoric ester groups is 1. The molecule has 0 aliphatic heterocycles. The zero-order valence-corrected chi connectivity index (χ0v) is 19.4. The van der Waals surface area contributed by atoms with Crippen molar-refractivity contribution >= 4 is 31.8 Å². The van der Waals surface area contributed by atoms with E-state index >= 15 is 0 Å². The summed E-state index contributed by atoms with van der Waals surface area (Å²) in [5, 5.41) is 0. The van der Waals surface area contributed by atoms with E-state index in [4.69, 9.17) is 15.5 Å². The number of hydrogen-bond acceptors (Lipinski definition) is 7. The molecule has 0 radical (unpaired) electrons. The SMILES string of the molecule is C/C(=C(\CCOP(=O)(O)O)SCc1ccccc1C)N(C=O)Cc1cnc(C)nc1N. The molecular formula is C20H27N4O5PS. The van der Waals surface area contributed by atoms with Gasteiger partial charge in [0, 0.05) is 34.5 Å². The van der Waals surface area contributed by atoms with Gasteiger partial charge in [-0.3, -0.25) is 9.32 Å². The number of carbonyl (C=O) groups is 1. The Kier molecular flexibility index (Phi) is 9.21. The molecule has 2 aromatic rings. The third-order valence-electron chi connectivity index (χ3n) is 4.57. The van der Waals surface area contributed by atoms with Gasteiger partial charge in [0.15, 0.2) is 0 Å². The van der Waals surface area contributed by atoms with Crippen LogP contribution in [-0.2, 0) is 26.2 Å². The van der Waals surface area contributed by atoms with Crippen LogP contribution in [0.4, 0.5) is 5.82 Å². The summed E-state index contributed by atoms with van der Waals surface area (Å²) >= 11 is 1.49. The number of rotatable bonds is 11. The number of anilines is 1. The number of nitrogens with two attached hydrogens (primary N) is 1. The number of hydrogen-bond donors (Lipinski definition) is 3. The predicted molar refractivity (Wildman–Crippen MR) is 121 cm³/mol. The fourth-order valence-electron chi connectivity index (χ4n) is 2.76. The van der Waals surface area contributed by atoms with E-state index in [9.17, 15) is 9.36 Å². The number of nitrogens with zero attached hydrogens (tertiary/aromatic N) is 3. The highest BCUT2D eigenvalue weighted by molar-refractivity contribution is 8.02. The first-order valence-corrected chi connectivity index (χ1v) is 12.0. The van der Waals surface area contributed by atoms with Crippen LogP contribution in [-0.4, -0.2) is 37.7 Å². The molecule has 0 aliphatic carbocycles. The lowest BCUT2D eigenvalue weighted by molar-refractivity contribution is -0.116. The van der Waals surface area contributed by atoms with Crippen molar-refractivity contribution in [3.05, 3.63) is 63.6 Å². The second-order valence-electron chi connectivity index (χ2n) is 6.86. The average Bonchev–Trinajstić information content (AvgIpc) is 2.70. The molecule has 1 amide bonds. The number of aryl methyl sites for hydroxylation is 2. The Morgan fingerprint density at radius 1 is 1.29 bits per heavy atom. The van der Waals surface area contributed by atoms with Crippen LogP contribution in [0, 0.1) is 13.8 Å². The topological polar surface area (TPSA) is 139 Å². The van der Waals surface area contributed by atoms with E-state index < -0.39 is 7.82 Å². The van der Waals surface area contributed by atoms with Gasteiger partial charge in [-0.1, -0.05) is 24.3 Å². The fraction of sp³-hybridized carbons (Fsp3) is 0.350. The number of benzene rings is 1. The molecule has 0 spiro atoms. The van der Waals surface area contributed by atoms with Crippen molar-refractivity contribution < 1.29 is 23.7 Å². The Labute approximate surface area is 186 Å². The van der Waals surface area contributed by atoms with Crippen LogP contribution in [0.25, 0.3) is 0 Å². The molecule has 0 aliphatic rings. The number of aromatic nitrogens is 2. The molecule has 1 heterocycles. The van der Waals surface area contributed by atoms with Crippen LogP contribution in [0.1, 0.15) is 35.9 Å². The van der Waals surface area contributed by atoms with Gasteiger partial charge in [-0.2, -0.15) is 0 Å². The summed E-state index contributed by atoms with van der Waals surface area (Å²) in [5.74, 6) is 1.47. The summed E-state index contributed by atoms with van der Waals surface area (Å²) in [5.41, 5.74) is 9.47. The molecule has 168 valence electrons. The highest BCUT2D eigenvalue weighted by Crippen LogP contribution is 2.37. The number of amides is 1. The van der Waals surface area contributed by atoms with Crippen molar-refractivity contribution in [2.45, 2.75) is 39.5 Å². The fourth-order valence-corrected chi connectivity index (χ4v) is 4.30. The van der Waals surface area contributed by atoms with Gasteiger partial charge in [0.25, 0.3) is 0 Å². The molecule has 2 rings (SSSR count). The van der Waals surface area contributed by atoms with Gasteiger partial charge in [-0.15, -0.1) is 11.8 Å². The lowest BCUT2D eigenvalue weighted by Gasteiger charge is -2.22. The zero-order chi connectivity index (χ0) is 23.0. The Morgan fingerprint density at radius 2 is 2.00 bits per heavy atom. The molecular weight excluding hydrogens is 439 g/mol. The lowest BCUT2D eigenvalue weighted by atomic mass is 10.1. The van der Waals surface area contributed by atoms with Crippen molar-refractivity contribution in [2.24, 2.45) is 0 Å².